The predicted octanol–water partition coefficient (Wildman–Crippen LogP) is 2.56. The molecule has 2 heterocycles. The molecule has 2 N–H and O–H groups in total. The molecule has 0 spiro atoms. The van der Waals surface area contributed by atoms with Gasteiger partial charge in [-0.1, -0.05) is 6.07 Å². The zero-order valence-electron chi connectivity index (χ0n) is 11.3. The Morgan fingerprint density at radius 2 is 2.24 bits per heavy atom. The summed E-state index contributed by atoms with van der Waals surface area (Å²) in [5, 5.41) is 3.57. The van der Waals surface area contributed by atoms with Crippen LogP contribution >= 0.6 is 0 Å². The van der Waals surface area contributed by atoms with E-state index in [1.807, 2.05) is 12.1 Å². The van der Waals surface area contributed by atoms with Crippen molar-refractivity contribution in [2.24, 2.45) is 0 Å². The fourth-order valence-corrected chi connectivity index (χ4v) is 2.24. The van der Waals surface area contributed by atoms with Gasteiger partial charge in [0.15, 0.2) is 0 Å². The first-order valence-electron chi connectivity index (χ1n) is 6.63. The van der Waals surface area contributed by atoms with Crippen LogP contribution in [0.5, 0.6) is 0 Å². The largest absolute Gasteiger partial charge is 0.361 e. The van der Waals surface area contributed by atoms with Crippen LogP contribution in [0.1, 0.15) is 11.1 Å². The molecular weight excluding hydrogens is 269 g/mol. The zero-order valence-corrected chi connectivity index (χ0v) is 11.3. The monoisotopic (exact) mass is 283 g/mol. The highest BCUT2D eigenvalue weighted by Gasteiger charge is 2.09. The van der Waals surface area contributed by atoms with Crippen LogP contribution < -0.4 is 5.32 Å². The lowest BCUT2D eigenvalue weighted by molar-refractivity contribution is -0.120. The number of aromatic nitrogens is 2. The molecule has 0 atom stereocenters. The number of aromatic amines is 1. The van der Waals surface area contributed by atoms with Crippen molar-refractivity contribution in [3.05, 3.63) is 65.9 Å². The fraction of sp³-hybridized carbons (Fsp3) is 0.125. The van der Waals surface area contributed by atoms with E-state index >= 15 is 0 Å². The summed E-state index contributed by atoms with van der Waals surface area (Å²) in [6, 6.07) is 8.22. The molecule has 1 aromatic carbocycles. The summed E-state index contributed by atoms with van der Waals surface area (Å²) in [5.74, 6) is -0.414. The van der Waals surface area contributed by atoms with E-state index in [1.165, 1.54) is 12.1 Å². The maximum Gasteiger partial charge on any atom is 0.224 e. The van der Waals surface area contributed by atoms with Crippen LogP contribution in [0.4, 0.5) is 4.39 Å². The fourth-order valence-electron chi connectivity index (χ4n) is 2.24. The lowest BCUT2D eigenvalue weighted by Crippen LogP contribution is -2.24. The van der Waals surface area contributed by atoms with E-state index in [9.17, 15) is 9.18 Å². The lowest BCUT2D eigenvalue weighted by Gasteiger charge is -2.04. The summed E-state index contributed by atoms with van der Waals surface area (Å²) in [6.07, 6.45) is 5.35. The molecule has 2 aromatic heterocycles. The first kappa shape index (κ1) is 13.3. The van der Waals surface area contributed by atoms with Gasteiger partial charge in [-0.15, -0.1) is 0 Å². The summed E-state index contributed by atoms with van der Waals surface area (Å²) >= 11 is 0. The van der Waals surface area contributed by atoms with Crippen molar-refractivity contribution in [3.63, 3.8) is 0 Å². The number of carbonyl (C=O) groups excluding carboxylic acids is 1. The van der Waals surface area contributed by atoms with Gasteiger partial charge in [0.25, 0.3) is 0 Å². The van der Waals surface area contributed by atoms with Crippen LogP contribution in [0.3, 0.4) is 0 Å². The minimum atomic E-state index is -0.306. The Labute approximate surface area is 121 Å². The van der Waals surface area contributed by atoms with E-state index in [4.69, 9.17) is 0 Å². The molecule has 0 saturated carbocycles. The SMILES string of the molecule is O=C(Cc1c[nH]c2ccc(F)cc12)NCc1cccnc1. The first-order chi connectivity index (χ1) is 10.2. The summed E-state index contributed by atoms with van der Waals surface area (Å²) in [6.45, 7) is 0.434. The molecule has 0 radical (unpaired) electrons. The maximum absolute atomic E-state index is 13.3. The number of hydrogen-bond donors (Lipinski definition) is 2. The zero-order chi connectivity index (χ0) is 14.7. The summed E-state index contributed by atoms with van der Waals surface area (Å²) < 4.78 is 13.3. The van der Waals surface area contributed by atoms with Crippen molar-refractivity contribution in [3.8, 4) is 0 Å². The maximum atomic E-state index is 13.3. The molecule has 1 amide bonds. The van der Waals surface area contributed by atoms with Gasteiger partial charge >= 0.3 is 0 Å². The second-order valence-corrected chi connectivity index (χ2v) is 4.82. The van der Waals surface area contributed by atoms with E-state index in [-0.39, 0.29) is 18.1 Å². The molecule has 0 aliphatic heterocycles. The number of amides is 1. The Morgan fingerprint density at radius 1 is 1.33 bits per heavy atom. The van der Waals surface area contributed by atoms with Crippen molar-refractivity contribution in [1.82, 2.24) is 15.3 Å². The van der Waals surface area contributed by atoms with Gasteiger partial charge < -0.3 is 10.3 Å². The number of rotatable bonds is 4. The molecule has 0 saturated heterocycles. The number of hydrogen-bond acceptors (Lipinski definition) is 2. The van der Waals surface area contributed by atoms with Crippen LogP contribution in [0.25, 0.3) is 10.9 Å². The smallest absolute Gasteiger partial charge is 0.224 e. The molecule has 3 aromatic rings. The van der Waals surface area contributed by atoms with Gasteiger partial charge in [-0.2, -0.15) is 0 Å². The van der Waals surface area contributed by atoms with Gasteiger partial charge in [0.1, 0.15) is 5.82 Å². The Hall–Kier alpha value is -2.69. The minimum Gasteiger partial charge on any atom is -0.361 e. The Balaban J connectivity index is 1.67. The Morgan fingerprint density at radius 3 is 3.05 bits per heavy atom. The Bertz CT molecular complexity index is 768. The van der Waals surface area contributed by atoms with Crippen LogP contribution in [0.15, 0.2) is 48.9 Å². The molecule has 0 aliphatic rings. The average Bonchev–Trinajstić information content (AvgIpc) is 2.88. The lowest BCUT2D eigenvalue weighted by atomic mass is 10.1. The van der Waals surface area contributed by atoms with Crippen LogP contribution in [0.2, 0.25) is 0 Å². The average molecular weight is 283 g/mol. The van der Waals surface area contributed by atoms with Gasteiger partial charge in [-0.3, -0.25) is 9.78 Å². The summed E-state index contributed by atoms with van der Waals surface area (Å²) in [4.78, 5) is 19.0. The highest BCUT2D eigenvalue weighted by atomic mass is 19.1. The van der Waals surface area contributed by atoms with Gasteiger partial charge in [0, 0.05) is 36.0 Å². The number of H-pyrrole nitrogens is 1. The summed E-state index contributed by atoms with van der Waals surface area (Å²) in [5.41, 5.74) is 2.55. The third-order valence-electron chi connectivity index (χ3n) is 3.29. The van der Waals surface area contributed by atoms with E-state index < -0.39 is 0 Å². The molecule has 106 valence electrons. The number of nitrogens with one attached hydrogen (secondary N) is 2. The van der Waals surface area contributed by atoms with E-state index in [1.54, 1.807) is 24.7 Å². The number of fused-ring (bicyclic) bond motifs is 1. The molecule has 5 heteroatoms. The van der Waals surface area contributed by atoms with E-state index in [0.29, 0.717) is 6.54 Å². The van der Waals surface area contributed by atoms with Crippen LogP contribution in [-0.2, 0) is 17.8 Å². The minimum absolute atomic E-state index is 0.107. The number of pyridine rings is 1. The normalized spacial score (nSPS) is 10.7. The molecular formula is C16H14FN3O. The van der Waals surface area contributed by atoms with Crippen molar-refractivity contribution in [2.45, 2.75) is 13.0 Å². The molecule has 0 unspecified atom stereocenters. The van der Waals surface area contributed by atoms with Crippen molar-refractivity contribution >= 4 is 16.8 Å². The molecule has 21 heavy (non-hydrogen) atoms. The van der Waals surface area contributed by atoms with Crippen LogP contribution in [0, 0.1) is 5.82 Å². The van der Waals surface area contributed by atoms with Gasteiger partial charge in [-0.25, -0.2) is 4.39 Å². The highest BCUT2D eigenvalue weighted by molar-refractivity contribution is 5.88. The second kappa shape index (κ2) is 5.75. The second-order valence-electron chi connectivity index (χ2n) is 4.82. The van der Waals surface area contributed by atoms with Gasteiger partial charge in [0.2, 0.25) is 5.91 Å². The number of halogens is 1. The summed E-state index contributed by atoms with van der Waals surface area (Å²) in [7, 11) is 0. The Kier molecular flexibility index (Phi) is 3.64. The quantitative estimate of drug-likeness (QED) is 0.773. The number of nitrogens with zero attached hydrogens (tertiary/aromatic N) is 1. The van der Waals surface area contributed by atoms with Crippen molar-refractivity contribution in [1.29, 1.82) is 0 Å². The standard InChI is InChI=1S/C16H14FN3O/c17-13-3-4-15-14(7-13)12(10-19-15)6-16(21)20-9-11-2-1-5-18-8-11/h1-5,7-8,10,19H,6,9H2,(H,20,21). The van der Waals surface area contributed by atoms with Gasteiger partial charge in [-0.05, 0) is 35.4 Å². The van der Waals surface area contributed by atoms with Crippen molar-refractivity contribution in [2.75, 3.05) is 0 Å². The molecule has 4 nitrogen and oxygen atoms in total. The highest BCUT2D eigenvalue weighted by Crippen LogP contribution is 2.19. The van der Waals surface area contributed by atoms with Crippen molar-refractivity contribution < 1.29 is 9.18 Å². The van der Waals surface area contributed by atoms with Crippen LogP contribution in [-0.4, -0.2) is 15.9 Å². The third-order valence-corrected chi connectivity index (χ3v) is 3.29. The number of benzene rings is 1. The third kappa shape index (κ3) is 3.08. The van der Waals surface area contributed by atoms with E-state index in [2.05, 4.69) is 15.3 Å². The molecule has 3 rings (SSSR count). The topological polar surface area (TPSA) is 57.8 Å². The van der Waals surface area contributed by atoms with E-state index in [0.717, 1.165) is 22.0 Å². The first-order valence-corrected chi connectivity index (χ1v) is 6.63. The predicted molar refractivity (Wildman–Crippen MR) is 78.0 cm³/mol. The number of carbonyl (C=O) groups is 1. The molecule has 0 aliphatic carbocycles. The molecule has 0 fully saturated rings. The molecule has 0 bridgehead atoms. The van der Waals surface area contributed by atoms with Gasteiger partial charge in [0.05, 0.1) is 6.42 Å².